The normalized spacial score (nSPS) is 13.1. The van der Waals surface area contributed by atoms with Gasteiger partial charge in [-0.1, -0.05) is 30.0 Å². The number of thioether (sulfide) groups is 1. The first-order valence-corrected chi connectivity index (χ1v) is 16.0. The second kappa shape index (κ2) is 12.6. The third kappa shape index (κ3) is 6.24. The van der Waals surface area contributed by atoms with Crippen molar-refractivity contribution in [3.8, 4) is 5.69 Å². The standard InChI is InChI=1S/C29H31N5O4S3/c1-5-38-28(37)24-19-8-6-9-21(19)41-27(24)31-25(35)18(4)40-29-33-32-23(15-30-26(36)22-10-7-13-39-22)34(29)20-14-16(2)11-12-17(20)3/h7,10-14,18H,5-6,8-9,15H2,1-4H3,(H,30,36)(H,31,35)/t18-/m1/s1. The predicted molar refractivity (Wildman–Crippen MR) is 163 cm³/mol. The summed E-state index contributed by atoms with van der Waals surface area (Å²) in [5.41, 5.74) is 4.43. The molecule has 214 valence electrons. The van der Waals surface area contributed by atoms with Crippen LogP contribution in [0.5, 0.6) is 0 Å². The Bertz CT molecular complexity index is 1590. The van der Waals surface area contributed by atoms with Crippen LogP contribution in [0, 0.1) is 13.8 Å². The lowest BCUT2D eigenvalue weighted by atomic mass is 10.1. The lowest BCUT2D eigenvalue weighted by Gasteiger charge is -2.16. The summed E-state index contributed by atoms with van der Waals surface area (Å²) >= 11 is 4.10. The molecule has 0 aliphatic heterocycles. The van der Waals surface area contributed by atoms with E-state index >= 15 is 0 Å². The van der Waals surface area contributed by atoms with Gasteiger partial charge in [-0.05, 0) is 81.2 Å². The summed E-state index contributed by atoms with van der Waals surface area (Å²) in [5, 5.41) is 17.1. The maximum absolute atomic E-state index is 13.4. The molecule has 9 nitrogen and oxygen atoms in total. The fourth-order valence-electron chi connectivity index (χ4n) is 4.68. The van der Waals surface area contributed by atoms with Crippen molar-refractivity contribution >= 4 is 57.2 Å². The second-order valence-corrected chi connectivity index (χ2v) is 13.1. The van der Waals surface area contributed by atoms with Gasteiger partial charge in [0.1, 0.15) is 5.00 Å². The van der Waals surface area contributed by atoms with Gasteiger partial charge in [-0.2, -0.15) is 0 Å². The molecule has 0 spiro atoms. The Balaban J connectivity index is 1.39. The molecule has 1 atom stereocenters. The van der Waals surface area contributed by atoms with Gasteiger partial charge >= 0.3 is 5.97 Å². The number of anilines is 1. The highest BCUT2D eigenvalue weighted by Gasteiger charge is 2.30. The molecule has 0 saturated heterocycles. The van der Waals surface area contributed by atoms with Crippen molar-refractivity contribution < 1.29 is 19.1 Å². The van der Waals surface area contributed by atoms with Crippen molar-refractivity contribution in [3.63, 3.8) is 0 Å². The van der Waals surface area contributed by atoms with E-state index in [1.165, 1.54) is 34.4 Å². The van der Waals surface area contributed by atoms with E-state index < -0.39 is 11.2 Å². The first kappa shape index (κ1) is 29.0. The zero-order valence-electron chi connectivity index (χ0n) is 23.3. The number of carbonyl (C=O) groups is 3. The summed E-state index contributed by atoms with van der Waals surface area (Å²) in [4.78, 5) is 40.5. The van der Waals surface area contributed by atoms with Crippen LogP contribution in [0.25, 0.3) is 5.69 Å². The number of rotatable bonds is 10. The number of aromatic nitrogens is 3. The minimum Gasteiger partial charge on any atom is -0.462 e. The van der Waals surface area contributed by atoms with Gasteiger partial charge in [0.15, 0.2) is 11.0 Å². The minimum atomic E-state index is -0.552. The SMILES string of the molecule is CCOC(=O)c1c(NC(=O)[C@@H](C)Sc2nnc(CNC(=O)c3cccs3)n2-c2cc(C)ccc2C)sc2c1CCC2. The van der Waals surface area contributed by atoms with E-state index in [4.69, 9.17) is 4.74 Å². The number of nitrogens with zero attached hydrogens (tertiary/aromatic N) is 3. The van der Waals surface area contributed by atoms with Crippen molar-refractivity contribution in [2.45, 2.75) is 63.9 Å². The number of aryl methyl sites for hydroxylation is 3. The molecule has 1 aliphatic carbocycles. The van der Waals surface area contributed by atoms with E-state index in [9.17, 15) is 14.4 Å². The minimum absolute atomic E-state index is 0.169. The Morgan fingerprint density at radius 3 is 2.76 bits per heavy atom. The summed E-state index contributed by atoms with van der Waals surface area (Å²) in [6.07, 6.45) is 2.71. The molecule has 1 aliphatic rings. The van der Waals surface area contributed by atoms with Crippen LogP contribution in [0.2, 0.25) is 0 Å². The van der Waals surface area contributed by atoms with Crippen molar-refractivity contribution in [1.82, 2.24) is 20.1 Å². The third-order valence-electron chi connectivity index (χ3n) is 6.75. The summed E-state index contributed by atoms with van der Waals surface area (Å²) in [6, 6.07) is 9.70. The molecule has 0 unspecified atom stereocenters. The van der Waals surface area contributed by atoms with E-state index in [0.29, 0.717) is 26.4 Å². The molecule has 3 aromatic heterocycles. The summed E-state index contributed by atoms with van der Waals surface area (Å²) in [7, 11) is 0. The second-order valence-electron chi connectivity index (χ2n) is 9.72. The number of fused-ring (bicyclic) bond motifs is 1. The van der Waals surface area contributed by atoms with Crippen molar-refractivity contribution in [2.24, 2.45) is 0 Å². The third-order valence-corrected chi connectivity index (χ3v) is 9.87. The average molecular weight is 610 g/mol. The highest BCUT2D eigenvalue weighted by molar-refractivity contribution is 8.00. The Labute approximate surface area is 250 Å². The first-order valence-electron chi connectivity index (χ1n) is 13.4. The maximum atomic E-state index is 13.4. The van der Waals surface area contributed by atoms with Gasteiger partial charge in [0.25, 0.3) is 5.91 Å². The van der Waals surface area contributed by atoms with Crippen LogP contribution in [0.1, 0.15) is 67.7 Å². The molecular formula is C29H31N5O4S3. The lowest BCUT2D eigenvalue weighted by Crippen LogP contribution is -2.25. The molecule has 0 bridgehead atoms. The lowest BCUT2D eigenvalue weighted by molar-refractivity contribution is -0.115. The van der Waals surface area contributed by atoms with E-state index in [1.54, 1.807) is 19.9 Å². The molecule has 41 heavy (non-hydrogen) atoms. The molecule has 0 radical (unpaired) electrons. The highest BCUT2D eigenvalue weighted by Crippen LogP contribution is 2.40. The molecule has 2 amide bonds. The van der Waals surface area contributed by atoms with Gasteiger partial charge in [-0.25, -0.2) is 4.79 Å². The average Bonchev–Trinajstić information content (AvgIpc) is 3.74. The molecular weight excluding hydrogens is 579 g/mol. The highest BCUT2D eigenvalue weighted by atomic mass is 32.2. The van der Waals surface area contributed by atoms with Crippen LogP contribution in [0.3, 0.4) is 0 Å². The maximum Gasteiger partial charge on any atom is 0.341 e. The van der Waals surface area contributed by atoms with Crippen LogP contribution >= 0.6 is 34.4 Å². The number of benzene rings is 1. The number of hydrogen-bond donors (Lipinski definition) is 2. The molecule has 0 saturated carbocycles. The number of nitrogens with one attached hydrogen (secondary N) is 2. The van der Waals surface area contributed by atoms with Crippen molar-refractivity contribution in [2.75, 3.05) is 11.9 Å². The largest absolute Gasteiger partial charge is 0.462 e. The van der Waals surface area contributed by atoms with Gasteiger partial charge in [-0.15, -0.1) is 32.9 Å². The molecule has 5 rings (SSSR count). The van der Waals surface area contributed by atoms with E-state index in [1.807, 2.05) is 48.1 Å². The quantitative estimate of drug-likeness (QED) is 0.175. The van der Waals surface area contributed by atoms with Gasteiger partial charge in [0.2, 0.25) is 5.91 Å². The van der Waals surface area contributed by atoms with E-state index in [0.717, 1.165) is 46.5 Å². The molecule has 3 heterocycles. The molecule has 2 N–H and O–H groups in total. The Hall–Kier alpha value is -3.48. The molecule has 0 fully saturated rings. The zero-order valence-corrected chi connectivity index (χ0v) is 25.7. The van der Waals surface area contributed by atoms with Gasteiger partial charge in [-0.3, -0.25) is 14.2 Å². The molecule has 1 aromatic carbocycles. The van der Waals surface area contributed by atoms with Crippen molar-refractivity contribution in [3.05, 3.63) is 73.5 Å². The molecule has 4 aromatic rings. The monoisotopic (exact) mass is 609 g/mol. The number of hydrogen-bond acceptors (Lipinski definition) is 9. The van der Waals surface area contributed by atoms with Gasteiger partial charge in [0.05, 0.1) is 34.5 Å². The van der Waals surface area contributed by atoms with E-state index in [-0.39, 0.29) is 25.0 Å². The zero-order chi connectivity index (χ0) is 29.1. The van der Waals surface area contributed by atoms with Gasteiger partial charge in [0, 0.05) is 4.88 Å². The first-order chi connectivity index (χ1) is 19.8. The smallest absolute Gasteiger partial charge is 0.341 e. The number of carbonyl (C=O) groups excluding carboxylic acids is 3. The summed E-state index contributed by atoms with van der Waals surface area (Å²) in [6.45, 7) is 8.02. The van der Waals surface area contributed by atoms with Crippen LogP contribution < -0.4 is 10.6 Å². The number of thiophene rings is 2. The van der Waals surface area contributed by atoms with Crippen LogP contribution in [0.4, 0.5) is 5.00 Å². The Morgan fingerprint density at radius 1 is 1.17 bits per heavy atom. The van der Waals surface area contributed by atoms with E-state index in [2.05, 4.69) is 20.8 Å². The van der Waals surface area contributed by atoms with Crippen LogP contribution in [0.15, 0.2) is 40.9 Å². The number of esters is 1. The number of amides is 2. The van der Waals surface area contributed by atoms with Gasteiger partial charge < -0.3 is 15.4 Å². The van der Waals surface area contributed by atoms with Crippen LogP contribution in [-0.2, 0) is 28.9 Å². The number of ether oxygens (including phenoxy) is 1. The Kier molecular flexibility index (Phi) is 8.91. The fraction of sp³-hybridized carbons (Fsp3) is 0.345. The topological polar surface area (TPSA) is 115 Å². The predicted octanol–water partition coefficient (Wildman–Crippen LogP) is 5.72. The molecule has 12 heteroatoms. The van der Waals surface area contributed by atoms with Crippen molar-refractivity contribution in [1.29, 1.82) is 0 Å². The summed E-state index contributed by atoms with van der Waals surface area (Å²) in [5.74, 6) is -0.273. The van der Waals surface area contributed by atoms with Crippen LogP contribution in [-0.4, -0.2) is 44.4 Å². The Morgan fingerprint density at radius 2 is 2.00 bits per heavy atom. The fourth-order valence-corrected chi connectivity index (χ4v) is 7.48. The summed E-state index contributed by atoms with van der Waals surface area (Å²) < 4.78 is 7.20.